The Morgan fingerprint density at radius 3 is 2.55 bits per heavy atom. The minimum absolute atomic E-state index is 0.700. The van der Waals surface area contributed by atoms with Crippen molar-refractivity contribution in [3.63, 3.8) is 0 Å². The zero-order chi connectivity index (χ0) is 8.36. The van der Waals surface area contributed by atoms with Crippen LogP contribution in [0.1, 0.15) is 6.92 Å². The van der Waals surface area contributed by atoms with Gasteiger partial charge in [-0.25, -0.2) is 0 Å². The summed E-state index contributed by atoms with van der Waals surface area (Å²) >= 11 is 0. The number of allylic oxidation sites excluding steroid dienone is 1. The molecule has 11 heavy (non-hydrogen) atoms. The third-order valence-electron chi connectivity index (χ3n) is 1.19. The van der Waals surface area contributed by atoms with Gasteiger partial charge >= 0.3 is 0 Å². The lowest BCUT2D eigenvalue weighted by molar-refractivity contribution is 0.233. The van der Waals surface area contributed by atoms with Gasteiger partial charge in [-0.3, -0.25) is 0 Å². The number of nitrogens with one attached hydrogen (secondary N) is 1. The van der Waals surface area contributed by atoms with Crippen LogP contribution in [0.2, 0.25) is 0 Å². The topological polar surface area (TPSA) is 21.3 Å². The predicted octanol–water partition coefficient (Wildman–Crippen LogP) is 1.35. The minimum Gasteiger partial charge on any atom is -0.381 e. The summed E-state index contributed by atoms with van der Waals surface area (Å²) in [7, 11) is 1.69. The van der Waals surface area contributed by atoms with E-state index in [1.54, 1.807) is 7.11 Å². The van der Waals surface area contributed by atoms with E-state index in [1.165, 1.54) is 0 Å². The first-order chi connectivity index (χ1) is 5.41. The molecular formula is C9H17NO. The molecule has 0 aliphatic rings. The number of methoxy groups -OCH3 is 1. The first kappa shape index (κ1) is 10.4. The molecule has 0 atom stereocenters. The molecule has 0 aromatic carbocycles. The lowest BCUT2D eigenvalue weighted by Crippen LogP contribution is -2.12. The molecule has 0 aromatic heterocycles. The third-order valence-corrected chi connectivity index (χ3v) is 1.19. The Bertz CT molecular complexity index is 119. The van der Waals surface area contributed by atoms with Crippen molar-refractivity contribution in [3.05, 3.63) is 24.3 Å². The lowest BCUT2D eigenvalue weighted by Gasteiger charge is -1.93. The molecule has 0 bridgehead atoms. The van der Waals surface area contributed by atoms with E-state index in [9.17, 15) is 0 Å². The van der Waals surface area contributed by atoms with Crippen molar-refractivity contribution in [2.75, 3.05) is 26.8 Å². The maximum absolute atomic E-state index is 4.84. The molecule has 0 radical (unpaired) electrons. The fraction of sp³-hybridized carbons (Fsp3) is 0.556. The molecule has 0 heterocycles. The van der Waals surface area contributed by atoms with E-state index in [-0.39, 0.29) is 0 Å². The molecule has 0 spiro atoms. The Hall–Kier alpha value is -0.600. The van der Waals surface area contributed by atoms with Crippen LogP contribution in [-0.2, 0) is 4.74 Å². The molecule has 0 aromatic rings. The van der Waals surface area contributed by atoms with Gasteiger partial charge in [0.05, 0.1) is 6.61 Å². The van der Waals surface area contributed by atoms with Crippen molar-refractivity contribution >= 4 is 0 Å². The van der Waals surface area contributed by atoms with E-state index in [0.29, 0.717) is 6.61 Å². The van der Waals surface area contributed by atoms with Gasteiger partial charge < -0.3 is 10.1 Å². The average Bonchev–Trinajstić information content (AvgIpc) is 2.03. The van der Waals surface area contributed by atoms with Crippen LogP contribution in [0.4, 0.5) is 0 Å². The second kappa shape index (κ2) is 9.40. The van der Waals surface area contributed by atoms with Crippen molar-refractivity contribution in [2.45, 2.75) is 6.92 Å². The van der Waals surface area contributed by atoms with Crippen molar-refractivity contribution in [1.29, 1.82) is 0 Å². The number of hydrogen-bond acceptors (Lipinski definition) is 2. The Kier molecular flexibility index (Phi) is 8.89. The molecular weight excluding hydrogens is 138 g/mol. The molecule has 2 heteroatoms. The van der Waals surface area contributed by atoms with Gasteiger partial charge in [-0.2, -0.15) is 0 Å². The molecule has 0 saturated heterocycles. The highest BCUT2D eigenvalue weighted by molar-refractivity contribution is 4.86. The molecule has 1 N–H and O–H groups in total. The Morgan fingerprint density at radius 1 is 1.18 bits per heavy atom. The summed E-state index contributed by atoms with van der Waals surface area (Å²) in [6.45, 7) is 4.56. The zero-order valence-electron chi connectivity index (χ0n) is 7.34. The van der Waals surface area contributed by atoms with Gasteiger partial charge in [-0.15, -0.1) is 0 Å². The zero-order valence-corrected chi connectivity index (χ0v) is 7.34. The van der Waals surface area contributed by atoms with Gasteiger partial charge in [0.25, 0.3) is 0 Å². The maximum atomic E-state index is 4.84. The predicted molar refractivity (Wildman–Crippen MR) is 48.7 cm³/mol. The Labute approximate surface area is 68.9 Å². The monoisotopic (exact) mass is 155 g/mol. The lowest BCUT2D eigenvalue weighted by atomic mass is 10.4. The van der Waals surface area contributed by atoms with E-state index in [2.05, 4.69) is 17.5 Å². The van der Waals surface area contributed by atoms with Crippen LogP contribution in [0.3, 0.4) is 0 Å². The van der Waals surface area contributed by atoms with Crippen molar-refractivity contribution in [3.8, 4) is 0 Å². The summed E-state index contributed by atoms with van der Waals surface area (Å²) in [4.78, 5) is 0. The standard InChI is InChI=1S/C9H17NO/c1-3-4-7-10-8-5-6-9-11-2/h3-6,10H,7-9H2,1-2H3. The first-order valence-electron chi connectivity index (χ1n) is 3.87. The molecule has 0 amide bonds. The molecule has 0 aliphatic carbocycles. The average molecular weight is 155 g/mol. The summed E-state index contributed by atoms with van der Waals surface area (Å²) in [6, 6.07) is 0. The minimum atomic E-state index is 0.700. The van der Waals surface area contributed by atoms with E-state index >= 15 is 0 Å². The van der Waals surface area contributed by atoms with Gasteiger partial charge in [0, 0.05) is 20.2 Å². The van der Waals surface area contributed by atoms with Gasteiger partial charge in [0.15, 0.2) is 0 Å². The Morgan fingerprint density at radius 2 is 1.91 bits per heavy atom. The largest absolute Gasteiger partial charge is 0.381 e. The summed E-state index contributed by atoms with van der Waals surface area (Å²) < 4.78 is 4.84. The third kappa shape index (κ3) is 9.40. The van der Waals surface area contributed by atoms with Crippen LogP contribution in [0.5, 0.6) is 0 Å². The highest BCUT2D eigenvalue weighted by Gasteiger charge is 1.75. The van der Waals surface area contributed by atoms with E-state index in [0.717, 1.165) is 13.1 Å². The smallest absolute Gasteiger partial charge is 0.0644 e. The first-order valence-corrected chi connectivity index (χ1v) is 3.87. The number of rotatable bonds is 6. The molecule has 64 valence electrons. The second-order valence-corrected chi connectivity index (χ2v) is 2.15. The van der Waals surface area contributed by atoms with Crippen LogP contribution in [0.15, 0.2) is 24.3 Å². The normalized spacial score (nSPS) is 11.8. The van der Waals surface area contributed by atoms with Crippen molar-refractivity contribution in [1.82, 2.24) is 5.32 Å². The summed E-state index contributed by atoms with van der Waals surface area (Å²) in [5, 5.41) is 3.22. The number of ether oxygens (including phenoxy) is 1. The van der Waals surface area contributed by atoms with Crippen LogP contribution < -0.4 is 5.32 Å². The highest BCUT2D eigenvalue weighted by Crippen LogP contribution is 1.73. The molecule has 0 aliphatic heterocycles. The van der Waals surface area contributed by atoms with Gasteiger partial charge in [0.1, 0.15) is 0 Å². The summed E-state index contributed by atoms with van der Waals surface area (Å²) in [5.41, 5.74) is 0. The van der Waals surface area contributed by atoms with Crippen molar-refractivity contribution < 1.29 is 4.74 Å². The quantitative estimate of drug-likeness (QED) is 0.462. The molecule has 0 unspecified atom stereocenters. The van der Waals surface area contributed by atoms with Crippen LogP contribution in [-0.4, -0.2) is 26.8 Å². The van der Waals surface area contributed by atoms with Crippen LogP contribution >= 0.6 is 0 Å². The van der Waals surface area contributed by atoms with Gasteiger partial charge in [0.2, 0.25) is 0 Å². The van der Waals surface area contributed by atoms with Crippen LogP contribution in [0, 0.1) is 0 Å². The maximum Gasteiger partial charge on any atom is 0.0644 e. The van der Waals surface area contributed by atoms with E-state index in [1.807, 2.05) is 19.1 Å². The Balaban J connectivity index is 3.00. The fourth-order valence-electron chi connectivity index (χ4n) is 0.615. The second-order valence-electron chi connectivity index (χ2n) is 2.15. The fourth-order valence-corrected chi connectivity index (χ4v) is 0.615. The van der Waals surface area contributed by atoms with Gasteiger partial charge in [-0.05, 0) is 6.92 Å². The molecule has 2 nitrogen and oxygen atoms in total. The van der Waals surface area contributed by atoms with Gasteiger partial charge in [-0.1, -0.05) is 24.3 Å². The van der Waals surface area contributed by atoms with E-state index in [4.69, 9.17) is 4.74 Å². The number of hydrogen-bond donors (Lipinski definition) is 1. The molecule has 0 saturated carbocycles. The summed E-state index contributed by atoms with van der Waals surface area (Å²) in [5.74, 6) is 0. The molecule has 0 rings (SSSR count). The molecule has 0 fully saturated rings. The summed E-state index contributed by atoms with van der Waals surface area (Å²) in [6.07, 6.45) is 8.19. The SMILES string of the molecule is CC=CCNCC=CCOC. The highest BCUT2D eigenvalue weighted by atomic mass is 16.5. The van der Waals surface area contributed by atoms with Crippen LogP contribution in [0.25, 0.3) is 0 Å². The van der Waals surface area contributed by atoms with E-state index < -0.39 is 0 Å². The van der Waals surface area contributed by atoms with Crippen molar-refractivity contribution in [2.24, 2.45) is 0 Å².